The monoisotopic (exact) mass is 566 g/mol. The standard InChI is InChI=1S/C25H23N3.C8H6O2.C4H5N/c1-2-7-18(6-1)24(21-8-3-15-26-21)19-11-13-20(14-12-19)25(22-9-4-16-27-22)23-10-5-17-28-23;9-5-7-1-2-8(6-10)4-3-7;1-2-4-5-3-1/h1-6,8-17,24-28H,7H2;1-6H;1-5H. The first-order chi connectivity index (χ1) is 21.3. The van der Waals surface area contributed by atoms with E-state index in [-0.39, 0.29) is 11.8 Å². The Morgan fingerprint density at radius 2 is 1.00 bits per heavy atom. The van der Waals surface area contributed by atoms with Crippen LogP contribution in [0.3, 0.4) is 0 Å². The number of aldehydes is 2. The number of carbonyl (C=O) groups excluding carboxylic acids is 2. The average Bonchev–Trinajstić information content (AvgIpc) is 3.91. The van der Waals surface area contributed by atoms with E-state index in [2.05, 4.69) is 98.8 Å². The fourth-order valence-corrected chi connectivity index (χ4v) is 5.18. The zero-order chi connectivity index (χ0) is 29.7. The highest BCUT2D eigenvalue weighted by Crippen LogP contribution is 2.37. The molecule has 0 spiro atoms. The van der Waals surface area contributed by atoms with Crippen molar-refractivity contribution in [2.75, 3.05) is 0 Å². The number of allylic oxidation sites excluding steroid dienone is 4. The van der Waals surface area contributed by atoms with Gasteiger partial charge < -0.3 is 19.9 Å². The summed E-state index contributed by atoms with van der Waals surface area (Å²) in [7, 11) is 0. The van der Waals surface area contributed by atoms with Gasteiger partial charge in [-0.2, -0.15) is 0 Å². The molecule has 0 saturated carbocycles. The molecule has 4 N–H and O–H groups in total. The third kappa shape index (κ3) is 7.57. The van der Waals surface area contributed by atoms with E-state index < -0.39 is 0 Å². The first-order valence-electron chi connectivity index (χ1n) is 14.2. The number of aromatic nitrogens is 4. The molecule has 0 bridgehead atoms. The summed E-state index contributed by atoms with van der Waals surface area (Å²) in [6.07, 6.45) is 18.9. The summed E-state index contributed by atoms with van der Waals surface area (Å²) in [5, 5.41) is 0. The van der Waals surface area contributed by atoms with Crippen molar-refractivity contribution in [3.05, 3.63) is 191 Å². The first-order valence-corrected chi connectivity index (χ1v) is 14.2. The maximum Gasteiger partial charge on any atom is 0.150 e. The Hall–Kier alpha value is -5.62. The van der Waals surface area contributed by atoms with Crippen molar-refractivity contribution in [2.45, 2.75) is 18.3 Å². The van der Waals surface area contributed by atoms with Crippen LogP contribution in [-0.2, 0) is 0 Å². The second-order valence-electron chi connectivity index (χ2n) is 10.1. The van der Waals surface area contributed by atoms with Gasteiger partial charge in [0, 0.05) is 65.1 Å². The summed E-state index contributed by atoms with van der Waals surface area (Å²) >= 11 is 0. The van der Waals surface area contributed by atoms with Gasteiger partial charge in [-0.3, -0.25) is 9.59 Å². The van der Waals surface area contributed by atoms with E-state index in [0.717, 1.165) is 19.0 Å². The Morgan fingerprint density at radius 1 is 0.535 bits per heavy atom. The van der Waals surface area contributed by atoms with Crippen molar-refractivity contribution in [1.29, 1.82) is 0 Å². The van der Waals surface area contributed by atoms with E-state index in [4.69, 9.17) is 0 Å². The van der Waals surface area contributed by atoms with Crippen molar-refractivity contribution >= 4 is 12.6 Å². The number of rotatable bonds is 8. The van der Waals surface area contributed by atoms with Crippen molar-refractivity contribution in [2.24, 2.45) is 0 Å². The van der Waals surface area contributed by atoms with Gasteiger partial charge in [-0.25, -0.2) is 0 Å². The van der Waals surface area contributed by atoms with Crippen LogP contribution in [0.5, 0.6) is 0 Å². The lowest BCUT2D eigenvalue weighted by Gasteiger charge is -2.20. The molecule has 0 saturated heterocycles. The highest BCUT2D eigenvalue weighted by molar-refractivity contribution is 5.79. The number of hydrogen-bond acceptors (Lipinski definition) is 2. The van der Waals surface area contributed by atoms with E-state index in [0.29, 0.717) is 11.1 Å². The second kappa shape index (κ2) is 14.8. The molecule has 2 aromatic carbocycles. The molecule has 1 aliphatic rings. The van der Waals surface area contributed by atoms with E-state index >= 15 is 0 Å². The molecule has 1 aliphatic carbocycles. The van der Waals surface area contributed by atoms with Gasteiger partial charge >= 0.3 is 0 Å². The summed E-state index contributed by atoms with van der Waals surface area (Å²) in [5.41, 5.74) is 8.83. The summed E-state index contributed by atoms with van der Waals surface area (Å²) in [6.45, 7) is 0. The molecule has 4 heterocycles. The van der Waals surface area contributed by atoms with Gasteiger partial charge in [0.1, 0.15) is 12.6 Å². The van der Waals surface area contributed by atoms with Crippen LogP contribution in [0.1, 0.15) is 67.2 Å². The Labute approximate surface area is 251 Å². The Balaban J connectivity index is 0.000000201. The summed E-state index contributed by atoms with van der Waals surface area (Å²) in [4.78, 5) is 33.3. The maximum atomic E-state index is 10.1. The highest BCUT2D eigenvalue weighted by Gasteiger charge is 2.22. The summed E-state index contributed by atoms with van der Waals surface area (Å²) in [5.74, 6) is 0.448. The number of benzene rings is 2. The van der Waals surface area contributed by atoms with Crippen LogP contribution in [0, 0.1) is 0 Å². The van der Waals surface area contributed by atoms with Gasteiger partial charge in [-0.15, -0.1) is 0 Å². The normalized spacial score (nSPS) is 12.4. The lowest BCUT2D eigenvalue weighted by Crippen LogP contribution is -2.07. The van der Waals surface area contributed by atoms with Gasteiger partial charge in [0.05, 0.1) is 5.92 Å². The van der Waals surface area contributed by atoms with Crippen LogP contribution in [0.2, 0.25) is 0 Å². The van der Waals surface area contributed by atoms with Crippen LogP contribution >= 0.6 is 0 Å². The smallest absolute Gasteiger partial charge is 0.150 e. The minimum atomic E-state index is 0.176. The number of nitrogens with one attached hydrogen (secondary N) is 4. The second-order valence-corrected chi connectivity index (χ2v) is 10.1. The fourth-order valence-electron chi connectivity index (χ4n) is 5.18. The average molecular weight is 567 g/mol. The molecule has 0 amide bonds. The predicted octanol–water partition coefficient (Wildman–Crippen LogP) is 8.20. The third-order valence-electron chi connectivity index (χ3n) is 7.28. The number of aromatic amines is 4. The van der Waals surface area contributed by atoms with Crippen LogP contribution in [0.4, 0.5) is 0 Å². The molecule has 6 nitrogen and oxygen atoms in total. The zero-order valence-corrected chi connectivity index (χ0v) is 23.7. The molecule has 1 unspecified atom stereocenters. The maximum absolute atomic E-state index is 10.1. The lowest BCUT2D eigenvalue weighted by atomic mass is 9.85. The molecule has 1 atom stereocenters. The number of hydrogen-bond donors (Lipinski definition) is 4. The van der Waals surface area contributed by atoms with Crippen LogP contribution in [-0.4, -0.2) is 32.5 Å². The third-order valence-corrected chi connectivity index (χ3v) is 7.28. The quantitative estimate of drug-likeness (QED) is 0.140. The molecular formula is C37H34N4O2. The van der Waals surface area contributed by atoms with Gasteiger partial charge in [-0.1, -0.05) is 72.3 Å². The number of carbonyl (C=O) groups is 2. The van der Waals surface area contributed by atoms with Crippen LogP contribution in [0.15, 0.2) is 152 Å². The first kappa shape index (κ1) is 28.9. The van der Waals surface area contributed by atoms with Crippen molar-refractivity contribution in [3.8, 4) is 0 Å². The highest BCUT2D eigenvalue weighted by atomic mass is 16.1. The molecule has 6 heteroatoms. The Morgan fingerprint density at radius 3 is 1.35 bits per heavy atom. The van der Waals surface area contributed by atoms with Gasteiger partial charge in [-0.05, 0) is 66.1 Å². The molecule has 0 aliphatic heterocycles. The molecule has 7 rings (SSSR count). The molecular weight excluding hydrogens is 532 g/mol. The lowest BCUT2D eigenvalue weighted by molar-refractivity contribution is 0.111. The Bertz CT molecular complexity index is 1610. The largest absolute Gasteiger partial charge is 0.368 e. The summed E-state index contributed by atoms with van der Waals surface area (Å²) < 4.78 is 0. The van der Waals surface area contributed by atoms with Gasteiger partial charge in [0.2, 0.25) is 0 Å². The molecule has 43 heavy (non-hydrogen) atoms. The van der Waals surface area contributed by atoms with E-state index in [1.165, 1.54) is 33.8 Å². The minimum Gasteiger partial charge on any atom is -0.368 e. The zero-order valence-electron chi connectivity index (χ0n) is 23.7. The van der Waals surface area contributed by atoms with Crippen molar-refractivity contribution < 1.29 is 9.59 Å². The fraction of sp³-hybridized carbons (Fsp3) is 0.0811. The molecule has 6 aromatic rings. The van der Waals surface area contributed by atoms with E-state index in [1.54, 1.807) is 24.3 Å². The van der Waals surface area contributed by atoms with Crippen LogP contribution in [0.25, 0.3) is 0 Å². The predicted molar refractivity (Wildman–Crippen MR) is 171 cm³/mol. The Kier molecular flexibility index (Phi) is 9.98. The number of H-pyrrole nitrogens is 4. The van der Waals surface area contributed by atoms with Crippen LogP contribution < -0.4 is 0 Å². The minimum absolute atomic E-state index is 0.176. The van der Waals surface area contributed by atoms with E-state index in [9.17, 15) is 9.59 Å². The van der Waals surface area contributed by atoms with Crippen molar-refractivity contribution in [3.63, 3.8) is 0 Å². The molecule has 0 fully saturated rings. The van der Waals surface area contributed by atoms with Gasteiger partial charge in [0.25, 0.3) is 0 Å². The SMILES string of the molecule is C1=CCC(C(c2ccc(C(c3ccc[nH]3)c3ccc[nH]3)cc2)c2ccc[nH]2)=C1.O=Cc1ccc(C=O)cc1.c1cc[nH]c1. The molecule has 214 valence electrons. The molecule has 4 aromatic heterocycles. The molecule has 0 radical (unpaired) electrons. The van der Waals surface area contributed by atoms with E-state index in [1.807, 2.05) is 43.1 Å². The van der Waals surface area contributed by atoms with Gasteiger partial charge in [0.15, 0.2) is 0 Å². The van der Waals surface area contributed by atoms with Crippen molar-refractivity contribution in [1.82, 2.24) is 19.9 Å². The topological polar surface area (TPSA) is 97.3 Å². The summed E-state index contributed by atoms with van der Waals surface area (Å²) in [6, 6.07) is 32.1.